The van der Waals surface area contributed by atoms with Gasteiger partial charge in [0.1, 0.15) is 11.4 Å². The topological polar surface area (TPSA) is 115 Å². The van der Waals surface area contributed by atoms with Crippen LogP contribution in [0.4, 0.5) is 5.95 Å². The Morgan fingerprint density at radius 1 is 1.24 bits per heavy atom. The standard InChI is InChI=1S/C26H26N6O2/c1-5-32-17(4)19-20(23(32)33)29-24(31-26-11-25(12-26,13-26)14-28)30-22(19)34-21-15(2)9-18(7-6-8-27)10-16(21)3/h6-7,9-10,17H,5,11-13H2,1-4H3,(H,29,30,31)/b7-6+. The monoisotopic (exact) mass is 454 g/mol. The SMILES string of the molecule is CCN1C(=O)c2nc(NC34CC(C#N)(C3)C4)nc(Oc3c(C)cc(/C=C/C#N)cc3C)c2C1C. The summed E-state index contributed by atoms with van der Waals surface area (Å²) in [5.41, 5.74) is 3.40. The first-order valence-electron chi connectivity index (χ1n) is 11.5. The van der Waals surface area contributed by atoms with Crippen molar-refractivity contribution in [1.29, 1.82) is 10.5 Å². The molecule has 1 amide bonds. The Morgan fingerprint density at radius 2 is 1.91 bits per heavy atom. The highest BCUT2D eigenvalue weighted by atomic mass is 16.5. The lowest BCUT2D eigenvalue weighted by Gasteiger charge is -2.66. The van der Waals surface area contributed by atoms with Crippen molar-refractivity contribution in [3.63, 3.8) is 0 Å². The highest BCUT2D eigenvalue weighted by Gasteiger charge is 2.69. The molecule has 1 aromatic heterocycles. The summed E-state index contributed by atoms with van der Waals surface area (Å²) in [6, 6.07) is 8.12. The van der Waals surface area contributed by atoms with Crippen LogP contribution in [0, 0.1) is 41.9 Å². The Labute approximate surface area is 198 Å². The fourth-order valence-corrected chi connectivity index (χ4v) is 5.75. The van der Waals surface area contributed by atoms with E-state index in [1.54, 1.807) is 11.0 Å². The Hall–Kier alpha value is -3.91. The fourth-order valence-electron chi connectivity index (χ4n) is 5.75. The van der Waals surface area contributed by atoms with Crippen LogP contribution in [0.15, 0.2) is 18.2 Å². The van der Waals surface area contributed by atoms with Crippen LogP contribution in [-0.4, -0.2) is 32.9 Å². The first-order chi connectivity index (χ1) is 16.2. The average Bonchev–Trinajstić information content (AvgIpc) is 3.00. The zero-order valence-corrected chi connectivity index (χ0v) is 19.8. The third-order valence-electron chi connectivity index (χ3n) is 7.28. The van der Waals surface area contributed by atoms with Crippen molar-refractivity contribution in [2.75, 3.05) is 11.9 Å². The number of hydrogen-bond donors (Lipinski definition) is 1. The van der Waals surface area contributed by atoms with E-state index < -0.39 is 0 Å². The number of carbonyl (C=O) groups is 1. The van der Waals surface area contributed by atoms with Crippen molar-refractivity contribution in [3.05, 3.63) is 46.2 Å². The number of amides is 1. The molecule has 8 heteroatoms. The molecule has 0 saturated heterocycles. The van der Waals surface area contributed by atoms with Crippen LogP contribution in [0.2, 0.25) is 0 Å². The van der Waals surface area contributed by atoms with Crippen LogP contribution in [0.5, 0.6) is 11.6 Å². The van der Waals surface area contributed by atoms with Crippen LogP contribution >= 0.6 is 0 Å². The summed E-state index contributed by atoms with van der Waals surface area (Å²) in [5, 5.41) is 21.6. The number of fused-ring (bicyclic) bond motifs is 1. The van der Waals surface area contributed by atoms with Gasteiger partial charge in [0.15, 0.2) is 0 Å². The van der Waals surface area contributed by atoms with Gasteiger partial charge in [-0.15, -0.1) is 0 Å². The van der Waals surface area contributed by atoms with Crippen LogP contribution in [0.25, 0.3) is 6.08 Å². The number of rotatable bonds is 6. The van der Waals surface area contributed by atoms with E-state index in [9.17, 15) is 10.1 Å². The third kappa shape index (κ3) is 3.21. The molecule has 0 radical (unpaired) electrons. The smallest absolute Gasteiger partial charge is 0.273 e. The molecule has 172 valence electrons. The normalized spacial score (nSPS) is 26.4. The quantitative estimate of drug-likeness (QED) is 0.622. The summed E-state index contributed by atoms with van der Waals surface area (Å²) < 4.78 is 6.40. The summed E-state index contributed by atoms with van der Waals surface area (Å²) in [7, 11) is 0. The van der Waals surface area contributed by atoms with Crippen LogP contribution in [-0.2, 0) is 0 Å². The molecule has 34 heavy (non-hydrogen) atoms. The number of anilines is 1. The Kier molecular flexibility index (Phi) is 4.87. The molecule has 1 aliphatic heterocycles. The first-order valence-corrected chi connectivity index (χ1v) is 11.5. The molecule has 1 unspecified atom stereocenters. The molecule has 1 N–H and O–H groups in total. The summed E-state index contributed by atoms with van der Waals surface area (Å²) in [4.78, 5) is 24.2. The lowest BCUT2D eigenvalue weighted by Crippen LogP contribution is -2.70. The van der Waals surface area contributed by atoms with Gasteiger partial charge in [0.2, 0.25) is 11.8 Å². The Balaban J connectivity index is 1.53. The molecular formula is C26H26N6O2. The maximum atomic E-state index is 13.1. The van der Waals surface area contributed by atoms with Gasteiger partial charge in [-0.3, -0.25) is 4.79 Å². The number of nitrogens with zero attached hydrogens (tertiary/aromatic N) is 5. The summed E-state index contributed by atoms with van der Waals surface area (Å²) >= 11 is 0. The molecule has 2 bridgehead atoms. The highest BCUT2D eigenvalue weighted by molar-refractivity contribution is 5.98. The fraction of sp³-hybridized carbons (Fsp3) is 0.423. The number of allylic oxidation sites excluding steroid dienone is 1. The molecule has 2 aromatic rings. The van der Waals surface area contributed by atoms with Crippen LogP contribution in [0.1, 0.15) is 71.9 Å². The number of nitrogens with one attached hydrogen (secondary N) is 1. The van der Waals surface area contributed by atoms with Gasteiger partial charge < -0.3 is 15.0 Å². The summed E-state index contributed by atoms with van der Waals surface area (Å²) in [6.07, 6.45) is 5.52. The molecule has 8 nitrogen and oxygen atoms in total. The molecular weight excluding hydrogens is 428 g/mol. The van der Waals surface area contributed by atoms with Crippen LogP contribution in [0.3, 0.4) is 0 Å². The maximum Gasteiger partial charge on any atom is 0.273 e. The molecule has 3 aliphatic carbocycles. The van der Waals surface area contributed by atoms with Gasteiger partial charge in [-0.2, -0.15) is 15.5 Å². The molecule has 4 aliphatic rings. The largest absolute Gasteiger partial charge is 0.438 e. The minimum atomic E-state index is -0.206. The minimum absolute atomic E-state index is 0.128. The molecule has 2 heterocycles. The van der Waals surface area contributed by atoms with Gasteiger partial charge in [0.05, 0.1) is 29.2 Å². The molecule has 1 aromatic carbocycles. The van der Waals surface area contributed by atoms with Crippen molar-refractivity contribution in [1.82, 2.24) is 14.9 Å². The van der Waals surface area contributed by atoms with E-state index in [-0.39, 0.29) is 22.9 Å². The van der Waals surface area contributed by atoms with Crippen molar-refractivity contribution >= 4 is 17.9 Å². The van der Waals surface area contributed by atoms with Gasteiger partial charge in [0.25, 0.3) is 5.91 Å². The third-order valence-corrected chi connectivity index (χ3v) is 7.28. The lowest BCUT2D eigenvalue weighted by molar-refractivity contribution is -0.0665. The van der Waals surface area contributed by atoms with E-state index in [1.165, 1.54) is 6.08 Å². The van der Waals surface area contributed by atoms with Gasteiger partial charge in [-0.25, -0.2) is 4.98 Å². The highest BCUT2D eigenvalue weighted by Crippen LogP contribution is 2.67. The number of aryl methyl sites for hydroxylation is 2. The molecule has 1 atom stereocenters. The Bertz CT molecular complexity index is 1290. The van der Waals surface area contributed by atoms with E-state index in [4.69, 9.17) is 15.0 Å². The molecule has 3 saturated carbocycles. The van der Waals surface area contributed by atoms with Gasteiger partial charge in [-0.05, 0) is 81.9 Å². The van der Waals surface area contributed by atoms with E-state index in [0.717, 1.165) is 36.0 Å². The number of hydrogen-bond acceptors (Lipinski definition) is 7. The zero-order valence-electron chi connectivity index (χ0n) is 19.8. The zero-order chi connectivity index (χ0) is 24.3. The van der Waals surface area contributed by atoms with Crippen molar-refractivity contribution in [3.8, 4) is 23.8 Å². The van der Waals surface area contributed by atoms with Crippen molar-refractivity contribution < 1.29 is 9.53 Å². The van der Waals surface area contributed by atoms with Crippen LogP contribution < -0.4 is 10.1 Å². The summed E-state index contributed by atoms with van der Waals surface area (Å²) in [5.74, 6) is 1.28. The van der Waals surface area contributed by atoms with E-state index in [2.05, 4.69) is 16.4 Å². The second-order valence-electron chi connectivity index (χ2n) is 9.76. The van der Waals surface area contributed by atoms with Gasteiger partial charge in [-0.1, -0.05) is 0 Å². The summed E-state index contributed by atoms with van der Waals surface area (Å²) in [6.45, 7) is 8.36. The van der Waals surface area contributed by atoms with E-state index in [1.807, 2.05) is 45.9 Å². The number of benzene rings is 1. The van der Waals surface area contributed by atoms with E-state index in [0.29, 0.717) is 35.4 Å². The number of aromatic nitrogens is 2. The Morgan fingerprint density at radius 3 is 2.50 bits per heavy atom. The molecule has 3 fully saturated rings. The minimum Gasteiger partial charge on any atom is -0.438 e. The van der Waals surface area contributed by atoms with Gasteiger partial charge >= 0.3 is 0 Å². The predicted octanol–water partition coefficient (Wildman–Crippen LogP) is 4.82. The van der Waals surface area contributed by atoms with Crippen molar-refractivity contribution in [2.45, 2.75) is 58.5 Å². The maximum absolute atomic E-state index is 13.1. The van der Waals surface area contributed by atoms with Gasteiger partial charge in [0, 0.05) is 18.2 Å². The second kappa shape index (κ2) is 7.56. The lowest BCUT2D eigenvalue weighted by atomic mass is 9.40. The predicted molar refractivity (Wildman–Crippen MR) is 126 cm³/mol. The number of carbonyl (C=O) groups excluding carboxylic acids is 1. The molecule has 6 rings (SSSR count). The van der Waals surface area contributed by atoms with Crippen molar-refractivity contribution in [2.24, 2.45) is 5.41 Å². The second-order valence-corrected chi connectivity index (χ2v) is 9.76. The average molecular weight is 455 g/mol. The number of nitriles is 2. The van der Waals surface area contributed by atoms with E-state index >= 15 is 0 Å². The number of ether oxygens (including phenoxy) is 1. The molecule has 0 spiro atoms. The first kappa shape index (κ1) is 21.9.